The molecule has 0 radical (unpaired) electrons. The first-order valence-electron chi connectivity index (χ1n) is 5.72. The second-order valence-electron chi connectivity index (χ2n) is 4.09. The fourth-order valence-electron chi connectivity index (χ4n) is 2.08. The van der Waals surface area contributed by atoms with E-state index in [2.05, 4.69) is 35.3 Å². The Morgan fingerprint density at radius 2 is 1.78 bits per heavy atom. The van der Waals surface area contributed by atoms with Crippen LogP contribution in [0.3, 0.4) is 0 Å². The first kappa shape index (κ1) is 10.5. The van der Waals surface area contributed by atoms with E-state index in [9.17, 15) is 0 Å². The van der Waals surface area contributed by atoms with Gasteiger partial charge in [0.25, 0.3) is 0 Å². The van der Waals surface area contributed by atoms with Crippen molar-refractivity contribution >= 4 is 10.8 Å². The van der Waals surface area contributed by atoms with Gasteiger partial charge in [0.2, 0.25) is 0 Å². The van der Waals surface area contributed by atoms with E-state index in [0.717, 1.165) is 11.1 Å². The molecule has 0 fully saturated rings. The van der Waals surface area contributed by atoms with Crippen molar-refractivity contribution in [1.29, 1.82) is 5.26 Å². The molecule has 84 valence electrons. The van der Waals surface area contributed by atoms with Gasteiger partial charge in [0.15, 0.2) is 0 Å². The Labute approximate surface area is 105 Å². The maximum Gasteiger partial charge on any atom is 0.0999 e. The molecule has 0 amide bonds. The molecule has 0 saturated carbocycles. The first-order chi connectivity index (χ1) is 8.88. The van der Waals surface area contributed by atoms with Gasteiger partial charge in [-0.2, -0.15) is 5.26 Å². The van der Waals surface area contributed by atoms with E-state index < -0.39 is 0 Å². The predicted molar refractivity (Wildman–Crippen MR) is 71.9 cm³/mol. The molecule has 1 aromatic heterocycles. The Hall–Kier alpha value is -2.66. The van der Waals surface area contributed by atoms with Crippen molar-refractivity contribution in [3.63, 3.8) is 0 Å². The molecule has 2 aromatic carbocycles. The first-order valence-corrected chi connectivity index (χ1v) is 5.72. The highest BCUT2D eigenvalue weighted by Crippen LogP contribution is 2.26. The normalized spacial score (nSPS) is 10.2. The minimum absolute atomic E-state index is 0.653. The quantitative estimate of drug-likeness (QED) is 0.638. The molecule has 0 unspecified atom stereocenters. The molecule has 2 heteroatoms. The van der Waals surface area contributed by atoms with Gasteiger partial charge in [0.05, 0.1) is 11.6 Å². The van der Waals surface area contributed by atoms with Crippen LogP contribution in [-0.2, 0) is 0 Å². The van der Waals surface area contributed by atoms with Gasteiger partial charge in [-0.25, -0.2) is 0 Å². The summed E-state index contributed by atoms with van der Waals surface area (Å²) in [5, 5.41) is 11.5. The van der Waals surface area contributed by atoms with Gasteiger partial charge in [0, 0.05) is 18.0 Å². The Bertz CT molecular complexity index is 754. The predicted octanol–water partition coefficient (Wildman–Crippen LogP) is 3.77. The Kier molecular flexibility index (Phi) is 2.51. The third-order valence-electron chi connectivity index (χ3n) is 3.00. The smallest absolute Gasteiger partial charge is 0.0999 e. The summed E-state index contributed by atoms with van der Waals surface area (Å²) in [5.41, 5.74) is 2.56. The van der Waals surface area contributed by atoms with Crippen LogP contribution in [0.2, 0.25) is 0 Å². The maximum atomic E-state index is 9.12. The van der Waals surface area contributed by atoms with E-state index in [1.165, 1.54) is 10.8 Å². The Morgan fingerprint density at radius 1 is 0.944 bits per heavy atom. The van der Waals surface area contributed by atoms with Crippen LogP contribution in [0.25, 0.3) is 21.9 Å². The second-order valence-corrected chi connectivity index (χ2v) is 4.09. The fourth-order valence-corrected chi connectivity index (χ4v) is 2.08. The number of benzene rings is 2. The molecular weight excluding hydrogens is 220 g/mol. The molecule has 0 aliphatic rings. The van der Waals surface area contributed by atoms with E-state index in [-0.39, 0.29) is 0 Å². The average molecular weight is 230 g/mol. The van der Waals surface area contributed by atoms with Crippen molar-refractivity contribution in [2.45, 2.75) is 0 Å². The van der Waals surface area contributed by atoms with Gasteiger partial charge >= 0.3 is 0 Å². The van der Waals surface area contributed by atoms with Gasteiger partial charge < -0.3 is 0 Å². The largest absolute Gasteiger partial charge is 0.264 e. The van der Waals surface area contributed by atoms with Crippen molar-refractivity contribution in [3.8, 4) is 17.2 Å². The summed E-state index contributed by atoms with van der Waals surface area (Å²) in [5.74, 6) is 0. The van der Waals surface area contributed by atoms with E-state index >= 15 is 0 Å². The molecule has 18 heavy (non-hydrogen) atoms. The summed E-state index contributed by atoms with van der Waals surface area (Å²) >= 11 is 0. The highest BCUT2D eigenvalue weighted by molar-refractivity contribution is 5.88. The summed E-state index contributed by atoms with van der Waals surface area (Å²) in [6.07, 6.45) is 3.38. The zero-order chi connectivity index (χ0) is 12.4. The maximum absolute atomic E-state index is 9.12. The van der Waals surface area contributed by atoms with Crippen LogP contribution in [0.4, 0.5) is 0 Å². The molecule has 0 spiro atoms. The molecule has 0 bridgehead atoms. The van der Waals surface area contributed by atoms with Crippen LogP contribution in [0.5, 0.6) is 0 Å². The summed E-state index contributed by atoms with van der Waals surface area (Å²) in [7, 11) is 0. The lowest BCUT2D eigenvalue weighted by molar-refractivity contribution is 1.31. The molecule has 0 saturated heterocycles. The van der Waals surface area contributed by atoms with Gasteiger partial charge in [-0.15, -0.1) is 0 Å². The number of nitrogens with zero attached hydrogens (tertiary/aromatic N) is 2. The highest BCUT2D eigenvalue weighted by atomic mass is 14.6. The SMILES string of the molecule is N#Cc1ccncc1-c1ccc2ccccc2c1. The van der Waals surface area contributed by atoms with Crippen LogP contribution >= 0.6 is 0 Å². The minimum Gasteiger partial charge on any atom is -0.264 e. The lowest BCUT2D eigenvalue weighted by Crippen LogP contribution is -1.86. The number of nitriles is 1. The van der Waals surface area contributed by atoms with Crippen LogP contribution in [-0.4, -0.2) is 4.98 Å². The monoisotopic (exact) mass is 230 g/mol. The Morgan fingerprint density at radius 3 is 2.61 bits per heavy atom. The second kappa shape index (κ2) is 4.31. The highest BCUT2D eigenvalue weighted by Gasteiger charge is 2.05. The standard InChI is InChI=1S/C16H10N2/c17-10-15-7-8-18-11-16(15)14-6-5-12-3-1-2-4-13(12)9-14/h1-9,11H. The van der Waals surface area contributed by atoms with Crippen LogP contribution in [0, 0.1) is 11.3 Å². The van der Waals surface area contributed by atoms with Crippen molar-refractivity contribution in [3.05, 3.63) is 66.5 Å². The number of pyridine rings is 1. The van der Waals surface area contributed by atoms with Crippen molar-refractivity contribution in [1.82, 2.24) is 4.98 Å². The number of hydrogen-bond acceptors (Lipinski definition) is 2. The number of fused-ring (bicyclic) bond motifs is 1. The molecule has 3 aromatic rings. The lowest BCUT2D eigenvalue weighted by Gasteiger charge is -2.05. The van der Waals surface area contributed by atoms with E-state index in [4.69, 9.17) is 5.26 Å². The molecule has 3 rings (SSSR count). The molecule has 0 aliphatic heterocycles. The van der Waals surface area contributed by atoms with Gasteiger partial charge in [-0.3, -0.25) is 4.98 Å². The van der Waals surface area contributed by atoms with Crippen LogP contribution < -0.4 is 0 Å². The third kappa shape index (κ3) is 1.72. The summed E-state index contributed by atoms with van der Waals surface area (Å²) < 4.78 is 0. The van der Waals surface area contributed by atoms with Gasteiger partial charge in [-0.1, -0.05) is 36.4 Å². The molecular formula is C16H10N2. The van der Waals surface area contributed by atoms with Crippen molar-refractivity contribution < 1.29 is 0 Å². The lowest BCUT2D eigenvalue weighted by atomic mass is 9.99. The zero-order valence-corrected chi connectivity index (χ0v) is 9.67. The van der Waals surface area contributed by atoms with Crippen molar-refractivity contribution in [2.75, 3.05) is 0 Å². The van der Waals surface area contributed by atoms with Gasteiger partial charge in [-0.05, 0) is 28.5 Å². The number of rotatable bonds is 1. The summed E-state index contributed by atoms with van der Waals surface area (Å²) in [4.78, 5) is 4.10. The number of hydrogen-bond donors (Lipinski definition) is 0. The summed E-state index contributed by atoms with van der Waals surface area (Å²) in [6.45, 7) is 0. The van der Waals surface area contributed by atoms with Crippen LogP contribution in [0.15, 0.2) is 60.9 Å². The van der Waals surface area contributed by atoms with Crippen molar-refractivity contribution in [2.24, 2.45) is 0 Å². The molecule has 1 heterocycles. The fraction of sp³-hybridized carbons (Fsp3) is 0. The molecule has 2 nitrogen and oxygen atoms in total. The molecule has 0 N–H and O–H groups in total. The molecule has 0 aliphatic carbocycles. The number of aromatic nitrogens is 1. The zero-order valence-electron chi connectivity index (χ0n) is 9.67. The van der Waals surface area contributed by atoms with E-state index in [1.807, 2.05) is 18.2 Å². The van der Waals surface area contributed by atoms with E-state index in [0.29, 0.717) is 5.56 Å². The van der Waals surface area contributed by atoms with Gasteiger partial charge in [0.1, 0.15) is 0 Å². The Balaban J connectivity index is 2.23. The topological polar surface area (TPSA) is 36.7 Å². The molecule has 0 atom stereocenters. The average Bonchev–Trinajstić information content (AvgIpc) is 2.46. The van der Waals surface area contributed by atoms with Crippen LogP contribution in [0.1, 0.15) is 5.56 Å². The summed E-state index contributed by atoms with van der Waals surface area (Å²) in [6, 6.07) is 18.3. The minimum atomic E-state index is 0.653. The van der Waals surface area contributed by atoms with E-state index in [1.54, 1.807) is 18.5 Å². The third-order valence-corrected chi connectivity index (χ3v) is 3.00.